The second-order valence-corrected chi connectivity index (χ2v) is 6.27. The van der Waals surface area contributed by atoms with E-state index in [4.69, 9.17) is 34.8 Å². The van der Waals surface area contributed by atoms with Crippen LogP contribution in [0.15, 0.2) is 40.9 Å². The second kappa shape index (κ2) is 6.36. The summed E-state index contributed by atoms with van der Waals surface area (Å²) in [6.45, 7) is 2.01. The molecule has 0 amide bonds. The van der Waals surface area contributed by atoms with Crippen molar-refractivity contribution < 1.29 is 0 Å². The van der Waals surface area contributed by atoms with E-state index in [0.717, 1.165) is 15.7 Å². The van der Waals surface area contributed by atoms with E-state index in [0.29, 0.717) is 15.1 Å². The molecule has 0 aromatic heterocycles. The molecular formula is C14H11BrCl3N. The van der Waals surface area contributed by atoms with Crippen molar-refractivity contribution in [2.45, 2.75) is 13.0 Å². The van der Waals surface area contributed by atoms with Crippen LogP contribution in [0.1, 0.15) is 18.5 Å². The van der Waals surface area contributed by atoms with Gasteiger partial charge in [0.2, 0.25) is 0 Å². The summed E-state index contributed by atoms with van der Waals surface area (Å²) in [7, 11) is 0. The zero-order valence-electron chi connectivity index (χ0n) is 10.1. The largest absolute Gasteiger partial charge is 0.376 e. The van der Waals surface area contributed by atoms with Gasteiger partial charge in [0.05, 0.1) is 21.8 Å². The Morgan fingerprint density at radius 3 is 2.21 bits per heavy atom. The Balaban J connectivity index is 2.28. The molecule has 0 bridgehead atoms. The molecule has 1 unspecified atom stereocenters. The maximum absolute atomic E-state index is 6.23. The van der Waals surface area contributed by atoms with Crippen molar-refractivity contribution in [3.8, 4) is 0 Å². The first-order valence-electron chi connectivity index (χ1n) is 5.64. The zero-order chi connectivity index (χ0) is 14.0. The minimum atomic E-state index is -0.00185. The standard InChI is InChI=1S/C14H11BrCl3N/c1-8(10-6-5-9(15)7-13(10)18)19-14-11(16)3-2-4-12(14)17/h2-8,19H,1H3. The van der Waals surface area contributed by atoms with E-state index < -0.39 is 0 Å². The topological polar surface area (TPSA) is 12.0 Å². The summed E-state index contributed by atoms with van der Waals surface area (Å²) in [5.41, 5.74) is 1.71. The molecule has 0 heterocycles. The van der Waals surface area contributed by atoms with Crippen LogP contribution in [0.25, 0.3) is 0 Å². The Morgan fingerprint density at radius 1 is 1.00 bits per heavy atom. The van der Waals surface area contributed by atoms with E-state index >= 15 is 0 Å². The van der Waals surface area contributed by atoms with Gasteiger partial charge in [-0.25, -0.2) is 0 Å². The fourth-order valence-corrected chi connectivity index (χ4v) is 3.13. The summed E-state index contributed by atoms with van der Waals surface area (Å²) in [6.07, 6.45) is 0. The van der Waals surface area contributed by atoms with Gasteiger partial charge in [0.25, 0.3) is 0 Å². The van der Waals surface area contributed by atoms with Gasteiger partial charge in [0.1, 0.15) is 0 Å². The highest BCUT2D eigenvalue weighted by atomic mass is 79.9. The molecule has 2 rings (SSSR count). The highest BCUT2D eigenvalue weighted by molar-refractivity contribution is 9.10. The van der Waals surface area contributed by atoms with Crippen LogP contribution in [-0.2, 0) is 0 Å². The number of benzene rings is 2. The summed E-state index contributed by atoms with van der Waals surface area (Å²) in [5.74, 6) is 0. The first-order valence-corrected chi connectivity index (χ1v) is 7.57. The number of hydrogen-bond donors (Lipinski definition) is 1. The number of rotatable bonds is 3. The van der Waals surface area contributed by atoms with E-state index in [-0.39, 0.29) is 6.04 Å². The summed E-state index contributed by atoms with van der Waals surface area (Å²) < 4.78 is 0.948. The van der Waals surface area contributed by atoms with Crippen molar-refractivity contribution >= 4 is 56.4 Å². The third kappa shape index (κ3) is 3.57. The number of anilines is 1. The maximum Gasteiger partial charge on any atom is 0.0723 e. The van der Waals surface area contributed by atoms with Gasteiger partial charge in [0, 0.05) is 9.50 Å². The van der Waals surface area contributed by atoms with Crippen LogP contribution < -0.4 is 5.32 Å². The van der Waals surface area contributed by atoms with E-state index in [1.165, 1.54) is 0 Å². The van der Waals surface area contributed by atoms with Crippen LogP contribution in [0.2, 0.25) is 15.1 Å². The Hall–Kier alpha value is -0.410. The number of halogens is 4. The summed E-state index contributed by atoms with van der Waals surface area (Å²) >= 11 is 21.9. The molecule has 0 aliphatic heterocycles. The summed E-state index contributed by atoms with van der Waals surface area (Å²) in [6, 6.07) is 11.2. The number of hydrogen-bond acceptors (Lipinski definition) is 1. The Labute approximate surface area is 136 Å². The van der Waals surface area contributed by atoms with Gasteiger partial charge in [-0.1, -0.05) is 62.9 Å². The lowest BCUT2D eigenvalue weighted by Gasteiger charge is -2.19. The smallest absolute Gasteiger partial charge is 0.0723 e. The molecule has 0 saturated heterocycles. The van der Waals surface area contributed by atoms with Gasteiger partial charge >= 0.3 is 0 Å². The lowest BCUT2D eigenvalue weighted by atomic mass is 10.1. The van der Waals surface area contributed by atoms with Gasteiger partial charge in [-0.05, 0) is 36.8 Å². The molecule has 0 aliphatic carbocycles. The molecule has 0 radical (unpaired) electrons. The molecule has 100 valence electrons. The van der Waals surface area contributed by atoms with Crippen molar-refractivity contribution in [1.82, 2.24) is 0 Å². The van der Waals surface area contributed by atoms with Crippen LogP contribution in [0.3, 0.4) is 0 Å². The van der Waals surface area contributed by atoms with Crippen LogP contribution >= 0.6 is 50.7 Å². The van der Waals surface area contributed by atoms with Crippen LogP contribution in [0.5, 0.6) is 0 Å². The number of para-hydroxylation sites is 1. The summed E-state index contributed by atoms with van der Waals surface area (Å²) in [4.78, 5) is 0. The third-order valence-corrected chi connectivity index (χ3v) is 4.20. The molecule has 1 nitrogen and oxygen atoms in total. The Kier molecular flexibility index (Phi) is 5.02. The van der Waals surface area contributed by atoms with Crippen LogP contribution in [0.4, 0.5) is 5.69 Å². The SMILES string of the molecule is CC(Nc1c(Cl)cccc1Cl)c1ccc(Br)cc1Cl. The monoisotopic (exact) mass is 377 g/mol. The minimum absolute atomic E-state index is 0.00185. The first kappa shape index (κ1) is 15.0. The molecule has 0 aliphatic rings. The highest BCUT2D eigenvalue weighted by Crippen LogP contribution is 2.34. The molecule has 19 heavy (non-hydrogen) atoms. The third-order valence-electron chi connectivity index (χ3n) is 2.75. The molecule has 2 aromatic rings. The second-order valence-electron chi connectivity index (χ2n) is 4.13. The normalized spacial score (nSPS) is 12.3. The summed E-state index contributed by atoms with van der Waals surface area (Å²) in [5, 5.41) is 5.16. The molecule has 1 N–H and O–H groups in total. The lowest BCUT2D eigenvalue weighted by molar-refractivity contribution is 0.885. The van der Waals surface area contributed by atoms with Gasteiger partial charge in [-0.2, -0.15) is 0 Å². The average molecular weight is 380 g/mol. The van der Waals surface area contributed by atoms with Crippen LogP contribution in [0, 0.1) is 0 Å². The van der Waals surface area contributed by atoms with Gasteiger partial charge in [0.15, 0.2) is 0 Å². The molecule has 0 fully saturated rings. The van der Waals surface area contributed by atoms with Crippen LogP contribution in [-0.4, -0.2) is 0 Å². The van der Waals surface area contributed by atoms with Crippen molar-refractivity contribution in [3.63, 3.8) is 0 Å². The highest BCUT2D eigenvalue weighted by Gasteiger charge is 2.13. The van der Waals surface area contributed by atoms with Gasteiger partial charge in [-0.15, -0.1) is 0 Å². The van der Waals surface area contributed by atoms with Crippen molar-refractivity contribution in [3.05, 3.63) is 61.5 Å². The van der Waals surface area contributed by atoms with E-state index in [9.17, 15) is 0 Å². The Bertz CT molecular complexity index is 581. The Morgan fingerprint density at radius 2 is 1.63 bits per heavy atom. The average Bonchev–Trinajstić information content (AvgIpc) is 2.33. The van der Waals surface area contributed by atoms with Crippen molar-refractivity contribution in [1.29, 1.82) is 0 Å². The number of nitrogens with one attached hydrogen (secondary N) is 1. The quantitative estimate of drug-likeness (QED) is 0.635. The molecule has 5 heteroatoms. The molecule has 0 saturated carbocycles. The minimum Gasteiger partial charge on any atom is -0.376 e. The molecule has 2 aromatic carbocycles. The van der Waals surface area contributed by atoms with E-state index in [2.05, 4.69) is 21.2 Å². The van der Waals surface area contributed by atoms with Crippen molar-refractivity contribution in [2.24, 2.45) is 0 Å². The van der Waals surface area contributed by atoms with E-state index in [1.807, 2.05) is 31.2 Å². The molecular weight excluding hydrogens is 368 g/mol. The predicted molar refractivity (Wildman–Crippen MR) is 87.7 cm³/mol. The fraction of sp³-hybridized carbons (Fsp3) is 0.143. The molecule has 1 atom stereocenters. The molecule has 0 spiro atoms. The predicted octanol–water partition coefficient (Wildman–Crippen LogP) is 6.58. The van der Waals surface area contributed by atoms with Gasteiger partial charge < -0.3 is 5.32 Å². The maximum atomic E-state index is 6.23. The van der Waals surface area contributed by atoms with Gasteiger partial charge in [-0.3, -0.25) is 0 Å². The lowest BCUT2D eigenvalue weighted by Crippen LogP contribution is -2.08. The van der Waals surface area contributed by atoms with E-state index in [1.54, 1.807) is 12.1 Å². The first-order chi connectivity index (χ1) is 8.99. The zero-order valence-corrected chi connectivity index (χ0v) is 13.9. The van der Waals surface area contributed by atoms with Crippen molar-refractivity contribution in [2.75, 3.05) is 5.32 Å². The fourth-order valence-electron chi connectivity index (χ4n) is 1.78.